The van der Waals surface area contributed by atoms with Crippen molar-refractivity contribution in [3.8, 4) is 5.75 Å². The van der Waals surface area contributed by atoms with Crippen molar-refractivity contribution in [3.05, 3.63) is 24.3 Å². The van der Waals surface area contributed by atoms with Crippen LogP contribution in [0.25, 0.3) is 0 Å². The van der Waals surface area contributed by atoms with Gasteiger partial charge in [0.05, 0.1) is 0 Å². The van der Waals surface area contributed by atoms with Crippen molar-refractivity contribution >= 4 is 11.8 Å². The van der Waals surface area contributed by atoms with Crippen LogP contribution in [-0.2, 0) is 0 Å². The van der Waals surface area contributed by atoms with Gasteiger partial charge in [-0.1, -0.05) is 20.8 Å². The smallest absolute Gasteiger partial charge is 0.119 e. The molecule has 2 unspecified atom stereocenters. The highest BCUT2D eigenvalue weighted by Gasteiger charge is 2.21. The Balaban J connectivity index is 1.89. The van der Waals surface area contributed by atoms with Crippen molar-refractivity contribution in [2.24, 2.45) is 11.8 Å². The number of nitrogens with one attached hydrogen (secondary N) is 1. The normalized spacial score (nSPS) is 23.6. The fourth-order valence-corrected chi connectivity index (χ4v) is 3.26. The minimum atomic E-state index is 0.346. The Morgan fingerprint density at radius 3 is 2.75 bits per heavy atom. The second kappa shape index (κ2) is 7.94. The zero-order valence-electron chi connectivity index (χ0n) is 12.9. The van der Waals surface area contributed by atoms with Gasteiger partial charge in [-0.15, -0.1) is 11.8 Å². The van der Waals surface area contributed by atoms with Gasteiger partial charge in [-0.25, -0.2) is 0 Å². The second-order valence-corrected chi connectivity index (χ2v) is 7.25. The van der Waals surface area contributed by atoms with E-state index in [1.54, 1.807) is 0 Å². The molecular weight excluding hydrogens is 266 g/mol. The van der Waals surface area contributed by atoms with E-state index in [-0.39, 0.29) is 0 Å². The lowest BCUT2D eigenvalue weighted by Gasteiger charge is -2.22. The summed E-state index contributed by atoms with van der Waals surface area (Å²) in [6, 6.07) is 8.60. The van der Waals surface area contributed by atoms with Crippen LogP contribution < -0.4 is 10.1 Å². The predicted octanol–water partition coefficient (Wildman–Crippen LogP) is 4.20. The molecule has 2 rings (SSSR count). The van der Waals surface area contributed by atoms with Gasteiger partial charge in [-0.05, 0) is 49.6 Å². The van der Waals surface area contributed by atoms with E-state index in [9.17, 15) is 0 Å². The fourth-order valence-electron chi connectivity index (χ4n) is 2.40. The molecule has 20 heavy (non-hydrogen) atoms. The molecule has 1 saturated heterocycles. The molecule has 1 aromatic carbocycles. The van der Waals surface area contributed by atoms with E-state index in [0.29, 0.717) is 12.0 Å². The zero-order valence-corrected chi connectivity index (χ0v) is 13.7. The van der Waals surface area contributed by atoms with Crippen LogP contribution in [0.15, 0.2) is 29.2 Å². The summed E-state index contributed by atoms with van der Waals surface area (Å²) >= 11 is 1.92. The molecule has 112 valence electrons. The minimum Gasteiger partial charge on any atom is -0.490 e. The molecule has 1 fully saturated rings. The van der Waals surface area contributed by atoms with E-state index in [1.165, 1.54) is 17.1 Å². The van der Waals surface area contributed by atoms with Crippen LogP contribution in [0.4, 0.5) is 0 Å². The number of benzene rings is 1. The Morgan fingerprint density at radius 1 is 1.30 bits per heavy atom. The summed E-state index contributed by atoms with van der Waals surface area (Å²) in [4.78, 5) is 1.33. The highest BCUT2D eigenvalue weighted by molar-refractivity contribution is 7.99. The fraction of sp³-hybridized carbons (Fsp3) is 0.647. The number of ether oxygens (including phenoxy) is 1. The topological polar surface area (TPSA) is 21.3 Å². The predicted molar refractivity (Wildman–Crippen MR) is 87.7 cm³/mol. The monoisotopic (exact) mass is 293 g/mol. The van der Waals surface area contributed by atoms with Crippen LogP contribution in [0.3, 0.4) is 0 Å². The third-order valence-electron chi connectivity index (χ3n) is 3.64. The van der Waals surface area contributed by atoms with Crippen LogP contribution in [-0.4, -0.2) is 24.9 Å². The summed E-state index contributed by atoms with van der Waals surface area (Å²) < 4.78 is 6.18. The highest BCUT2D eigenvalue weighted by Crippen LogP contribution is 2.25. The van der Waals surface area contributed by atoms with Crippen LogP contribution >= 0.6 is 11.8 Å². The Hall–Kier alpha value is -0.670. The number of rotatable bonds is 5. The van der Waals surface area contributed by atoms with Crippen molar-refractivity contribution in [3.63, 3.8) is 0 Å². The summed E-state index contributed by atoms with van der Waals surface area (Å²) in [6.07, 6.45) is 2.70. The molecule has 0 spiro atoms. The third kappa shape index (κ3) is 5.02. The average Bonchev–Trinajstić information content (AvgIpc) is 2.63. The van der Waals surface area contributed by atoms with Gasteiger partial charge >= 0.3 is 0 Å². The van der Waals surface area contributed by atoms with Crippen molar-refractivity contribution < 1.29 is 4.74 Å². The molecule has 0 aliphatic carbocycles. The Labute approximate surface area is 127 Å². The molecule has 3 heteroatoms. The van der Waals surface area contributed by atoms with Crippen LogP contribution in [0.1, 0.15) is 33.6 Å². The van der Waals surface area contributed by atoms with Crippen molar-refractivity contribution in [1.82, 2.24) is 5.32 Å². The lowest BCUT2D eigenvalue weighted by Crippen LogP contribution is -2.29. The van der Waals surface area contributed by atoms with E-state index < -0.39 is 0 Å². The highest BCUT2D eigenvalue weighted by atomic mass is 32.2. The van der Waals surface area contributed by atoms with Gasteiger partial charge in [0, 0.05) is 23.1 Å². The van der Waals surface area contributed by atoms with Crippen LogP contribution in [0.5, 0.6) is 5.75 Å². The van der Waals surface area contributed by atoms with Crippen LogP contribution in [0, 0.1) is 11.8 Å². The maximum Gasteiger partial charge on any atom is 0.119 e. The summed E-state index contributed by atoms with van der Waals surface area (Å²) in [6.45, 7) is 8.97. The minimum absolute atomic E-state index is 0.346. The molecule has 1 heterocycles. The molecule has 2 atom stereocenters. The van der Waals surface area contributed by atoms with Gasteiger partial charge < -0.3 is 10.1 Å². The van der Waals surface area contributed by atoms with Crippen molar-refractivity contribution in [2.75, 3.05) is 18.8 Å². The first-order valence-corrected chi connectivity index (χ1v) is 8.74. The van der Waals surface area contributed by atoms with Gasteiger partial charge in [-0.2, -0.15) is 0 Å². The first-order chi connectivity index (χ1) is 9.65. The molecule has 1 N–H and O–H groups in total. The Bertz CT molecular complexity index is 390. The second-order valence-electron chi connectivity index (χ2n) is 6.16. The molecule has 0 radical (unpaired) electrons. The first-order valence-electron chi connectivity index (χ1n) is 7.75. The lowest BCUT2D eigenvalue weighted by atomic mass is 10.0. The molecule has 0 saturated carbocycles. The molecule has 1 aliphatic heterocycles. The van der Waals surface area contributed by atoms with Crippen molar-refractivity contribution in [1.29, 1.82) is 0 Å². The average molecular weight is 293 g/mol. The quantitative estimate of drug-likeness (QED) is 0.822. The zero-order chi connectivity index (χ0) is 14.4. The SMILES string of the molecule is CC(C)CSc1ccc(OC2CCCNCC2C)cc1. The van der Waals surface area contributed by atoms with Crippen LogP contribution in [0.2, 0.25) is 0 Å². The molecule has 0 amide bonds. The molecule has 0 bridgehead atoms. The molecule has 0 aromatic heterocycles. The van der Waals surface area contributed by atoms with Crippen molar-refractivity contribution in [2.45, 2.75) is 44.6 Å². The number of hydrogen-bond donors (Lipinski definition) is 1. The number of thioether (sulfide) groups is 1. The summed E-state index contributed by atoms with van der Waals surface area (Å²) in [5.41, 5.74) is 0. The van der Waals surface area contributed by atoms with Gasteiger partial charge in [0.15, 0.2) is 0 Å². The van der Waals surface area contributed by atoms with E-state index in [4.69, 9.17) is 4.74 Å². The Morgan fingerprint density at radius 2 is 2.05 bits per heavy atom. The molecule has 2 nitrogen and oxygen atoms in total. The maximum atomic E-state index is 6.18. The Kier molecular flexibility index (Phi) is 6.24. The molecule has 1 aliphatic rings. The molecular formula is C17H27NOS. The first kappa shape index (κ1) is 15.7. The standard InChI is InChI=1S/C17H27NOS/c1-13(2)12-20-16-8-6-15(7-9-16)19-17-5-4-10-18-11-14(17)3/h6-9,13-14,17-18H,4-5,10-12H2,1-3H3. The van der Waals surface area contributed by atoms with E-state index in [1.807, 2.05) is 11.8 Å². The van der Waals surface area contributed by atoms with E-state index in [0.717, 1.165) is 31.2 Å². The van der Waals surface area contributed by atoms with E-state index >= 15 is 0 Å². The summed E-state index contributed by atoms with van der Waals surface area (Å²) in [5.74, 6) is 3.49. The van der Waals surface area contributed by atoms with E-state index in [2.05, 4.69) is 50.4 Å². The maximum absolute atomic E-state index is 6.18. The van der Waals surface area contributed by atoms with Gasteiger partial charge in [0.1, 0.15) is 11.9 Å². The van der Waals surface area contributed by atoms with Gasteiger partial charge in [0.25, 0.3) is 0 Å². The summed E-state index contributed by atoms with van der Waals surface area (Å²) in [7, 11) is 0. The third-order valence-corrected chi connectivity index (χ3v) is 5.08. The van der Waals surface area contributed by atoms with Gasteiger partial charge in [0.2, 0.25) is 0 Å². The summed E-state index contributed by atoms with van der Waals surface area (Å²) in [5, 5.41) is 3.47. The molecule has 1 aromatic rings. The lowest BCUT2D eigenvalue weighted by molar-refractivity contribution is 0.141. The number of hydrogen-bond acceptors (Lipinski definition) is 3. The largest absolute Gasteiger partial charge is 0.490 e. The van der Waals surface area contributed by atoms with Gasteiger partial charge in [-0.3, -0.25) is 0 Å².